The number of nitrogens with one attached hydrogen (secondary N) is 1. The van der Waals surface area contributed by atoms with Crippen molar-refractivity contribution in [2.45, 2.75) is 24.9 Å². The fourth-order valence-electron chi connectivity index (χ4n) is 1.59. The maximum absolute atomic E-state index is 9.84. The van der Waals surface area contributed by atoms with Gasteiger partial charge in [0.1, 0.15) is 5.82 Å². The van der Waals surface area contributed by atoms with Crippen LogP contribution in [0, 0.1) is 0 Å². The van der Waals surface area contributed by atoms with Crippen LogP contribution in [0.25, 0.3) is 0 Å². The minimum absolute atomic E-state index is 0.482. The van der Waals surface area contributed by atoms with Gasteiger partial charge in [0.2, 0.25) is 0 Å². The zero-order chi connectivity index (χ0) is 10.0. The van der Waals surface area contributed by atoms with Crippen molar-refractivity contribution >= 4 is 11.5 Å². The molecule has 76 valence electrons. The summed E-state index contributed by atoms with van der Waals surface area (Å²) in [5.74, 6) is 0.482. The van der Waals surface area contributed by atoms with E-state index in [4.69, 9.17) is 5.73 Å². The predicted molar refractivity (Wildman–Crippen MR) is 55.9 cm³/mol. The van der Waals surface area contributed by atoms with Crippen molar-refractivity contribution in [1.82, 2.24) is 4.98 Å². The number of nitrogens with zero attached hydrogens (tertiary/aromatic N) is 1. The molecule has 1 aliphatic carbocycles. The lowest BCUT2D eigenvalue weighted by Crippen LogP contribution is -2.43. The van der Waals surface area contributed by atoms with Gasteiger partial charge < -0.3 is 16.2 Å². The lowest BCUT2D eigenvalue weighted by molar-refractivity contribution is -0.0201. The highest BCUT2D eigenvalue weighted by molar-refractivity contribution is 5.61. The first-order valence-electron chi connectivity index (χ1n) is 4.86. The van der Waals surface area contributed by atoms with E-state index in [-0.39, 0.29) is 0 Å². The van der Waals surface area contributed by atoms with Gasteiger partial charge >= 0.3 is 0 Å². The minimum Gasteiger partial charge on any atom is -0.388 e. The Kier molecular flexibility index (Phi) is 2.29. The lowest BCUT2D eigenvalue weighted by atomic mass is 9.80. The molecule has 1 fully saturated rings. The SMILES string of the molecule is Nc1ncccc1NCC1(O)CCC1. The second kappa shape index (κ2) is 3.46. The van der Waals surface area contributed by atoms with Gasteiger partial charge in [0.15, 0.2) is 0 Å². The Bertz CT molecular complexity index is 323. The maximum atomic E-state index is 9.84. The number of pyridine rings is 1. The Morgan fingerprint density at radius 1 is 1.57 bits per heavy atom. The van der Waals surface area contributed by atoms with Gasteiger partial charge in [0.25, 0.3) is 0 Å². The summed E-state index contributed by atoms with van der Waals surface area (Å²) < 4.78 is 0. The molecule has 0 atom stereocenters. The van der Waals surface area contributed by atoms with E-state index >= 15 is 0 Å². The topological polar surface area (TPSA) is 71.2 Å². The van der Waals surface area contributed by atoms with E-state index in [1.165, 1.54) is 0 Å². The highest BCUT2D eigenvalue weighted by Gasteiger charge is 2.33. The largest absolute Gasteiger partial charge is 0.388 e. The Morgan fingerprint density at radius 2 is 2.36 bits per heavy atom. The molecule has 1 aromatic rings. The first kappa shape index (κ1) is 9.27. The molecule has 4 nitrogen and oxygen atoms in total. The Labute approximate surface area is 83.2 Å². The average molecular weight is 193 g/mol. The van der Waals surface area contributed by atoms with Crippen LogP contribution in [0.1, 0.15) is 19.3 Å². The molecule has 4 N–H and O–H groups in total. The molecule has 0 aliphatic heterocycles. The summed E-state index contributed by atoms with van der Waals surface area (Å²) in [6.07, 6.45) is 4.51. The van der Waals surface area contributed by atoms with Crippen molar-refractivity contribution in [3.05, 3.63) is 18.3 Å². The van der Waals surface area contributed by atoms with Crippen molar-refractivity contribution in [3.63, 3.8) is 0 Å². The van der Waals surface area contributed by atoms with E-state index in [1.54, 1.807) is 6.20 Å². The summed E-state index contributed by atoms with van der Waals surface area (Å²) in [5.41, 5.74) is 5.93. The summed E-state index contributed by atoms with van der Waals surface area (Å²) >= 11 is 0. The van der Waals surface area contributed by atoms with Crippen LogP contribution in [-0.2, 0) is 0 Å². The molecule has 4 heteroatoms. The van der Waals surface area contributed by atoms with E-state index in [1.807, 2.05) is 12.1 Å². The van der Waals surface area contributed by atoms with E-state index < -0.39 is 5.60 Å². The van der Waals surface area contributed by atoms with Gasteiger partial charge in [-0.05, 0) is 31.4 Å². The zero-order valence-electron chi connectivity index (χ0n) is 8.03. The van der Waals surface area contributed by atoms with Gasteiger partial charge in [-0.1, -0.05) is 0 Å². The molecule has 0 spiro atoms. The van der Waals surface area contributed by atoms with Crippen molar-refractivity contribution in [2.24, 2.45) is 0 Å². The number of hydrogen-bond acceptors (Lipinski definition) is 4. The third kappa shape index (κ3) is 1.80. The maximum Gasteiger partial charge on any atom is 0.146 e. The van der Waals surface area contributed by atoms with Gasteiger partial charge in [-0.15, -0.1) is 0 Å². The summed E-state index contributed by atoms with van der Waals surface area (Å²) in [5, 5.41) is 13.0. The van der Waals surface area contributed by atoms with Crippen LogP contribution in [-0.4, -0.2) is 22.2 Å². The van der Waals surface area contributed by atoms with Crippen molar-refractivity contribution in [2.75, 3.05) is 17.6 Å². The molecule has 0 bridgehead atoms. The van der Waals surface area contributed by atoms with Crippen molar-refractivity contribution in [3.8, 4) is 0 Å². The molecule has 2 rings (SSSR count). The summed E-state index contributed by atoms with van der Waals surface area (Å²) in [6.45, 7) is 0.558. The fraction of sp³-hybridized carbons (Fsp3) is 0.500. The van der Waals surface area contributed by atoms with E-state index in [9.17, 15) is 5.11 Å². The zero-order valence-corrected chi connectivity index (χ0v) is 8.03. The highest BCUT2D eigenvalue weighted by Crippen LogP contribution is 2.31. The quantitative estimate of drug-likeness (QED) is 0.669. The third-order valence-corrected chi connectivity index (χ3v) is 2.73. The van der Waals surface area contributed by atoms with E-state index in [0.717, 1.165) is 24.9 Å². The predicted octanol–water partition coefficient (Wildman–Crippen LogP) is 0.991. The molecule has 1 heterocycles. The Morgan fingerprint density at radius 3 is 2.93 bits per heavy atom. The van der Waals surface area contributed by atoms with Crippen LogP contribution >= 0.6 is 0 Å². The molecule has 1 aromatic heterocycles. The van der Waals surface area contributed by atoms with Crippen LogP contribution < -0.4 is 11.1 Å². The average Bonchev–Trinajstić information content (AvgIpc) is 2.14. The number of nitrogen functional groups attached to an aromatic ring is 1. The van der Waals surface area contributed by atoms with Crippen LogP contribution in [0.15, 0.2) is 18.3 Å². The van der Waals surface area contributed by atoms with Gasteiger partial charge in [-0.25, -0.2) is 4.98 Å². The van der Waals surface area contributed by atoms with Gasteiger partial charge in [0, 0.05) is 12.7 Å². The van der Waals surface area contributed by atoms with Crippen molar-refractivity contribution in [1.29, 1.82) is 0 Å². The molecule has 1 saturated carbocycles. The van der Waals surface area contributed by atoms with Gasteiger partial charge in [0.05, 0.1) is 11.3 Å². The van der Waals surface area contributed by atoms with E-state index in [0.29, 0.717) is 12.4 Å². The smallest absolute Gasteiger partial charge is 0.146 e. The Hall–Kier alpha value is -1.29. The molecule has 0 aromatic carbocycles. The summed E-state index contributed by atoms with van der Waals surface area (Å²) in [7, 11) is 0. The third-order valence-electron chi connectivity index (χ3n) is 2.73. The summed E-state index contributed by atoms with van der Waals surface area (Å²) in [6, 6.07) is 3.69. The lowest BCUT2D eigenvalue weighted by Gasteiger charge is -2.36. The standard InChI is InChI=1S/C10H15N3O/c11-9-8(3-1-6-12-9)13-7-10(14)4-2-5-10/h1,3,6,13-14H,2,4-5,7H2,(H2,11,12). The first-order valence-corrected chi connectivity index (χ1v) is 4.86. The molecule has 0 amide bonds. The second-order valence-corrected chi connectivity index (χ2v) is 3.87. The number of hydrogen-bond donors (Lipinski definition) is 3. The number of aliphatic hydroxyl groups is 1. The molecule has 0 radical (unpaired) electrons. The monoisotopic (exact) mass is 193 g/mol. The molecule has 0 saturated heterocycles. The normalized spacial score (nSPS) is 18.6. The fourth-order valence-corrected chi connectivity index (χ4v) is 1.59. The van der Waals surface area contributed by atoms with Crippen LogP contribution in [0.3, 0.4) is 0 Å². The van der Waals surface area contributed by atoms with Gasteiger partial charge in [-0.3, -0.25) is 0 Å². The minimum atomic E-state index is -0.526. The molecule has 0 unspecified atom stereocenters. The number of aromatic nitrogens is 1. The van der Waals surface area contributed by atoms with Crippen LogP contribution in [0.2, 0.25) is 0 Å². The second-order valence-electron chi connectivity index (χ2n) is 3.87. The summed E-state index contributed by atoms with van der Waals surface area (Å²) in [4.78, 5) is 3.96. The number of anilines is 2. The molecular formula is C10H15N3O. The Balaban J connectivity index is 1.95. The molecule has 1 aliphatic rings. The number of nitrogens with two attached hydrogens (primary N) is 1. The van der Waals surface area contributed by atoms with E-state index in [2.05, 4.69) is 10.3 Å². The molecule has 14 heavy (non-hydrogen) atoms. The van der Waals surface area contributed by atoms with Gasteiger partial charge in [-0.2, -0.15) is 0 Å². The van der Waals surface area contributed by atoms with Crippen LogP contribution in [0.4, 0.5) is 11.5 Å². The van der Waals surface area contributed by atoms with Crippen LogP contribution in [0.5, 0.6) is 0 Å². The van der Waals surface area contributed by atoms with Crippen molar-refractivity contribution < 1.29 is 5.11 Å². The number of rotatable bonds is 3. The first-order chi connectivity index (χ1) is 6.70. The highest BCUT2D eigenvalue weighted by atomic mass is 16.3. The molecular weight excluding hydrogens is 178 g/mol.